The molecule has 3 aliphatic heterocycles. The Morgan fingerprint density at radius 1 is 0.905 bits per heavy atom. The van der Waals surface area contributed by atoms with Crippen LogP contribution < -0.4 is 5.32 Å². The number of carboxylic acid groups (broad SMARTS) is 1. The van der Waals surface area contributed by atoms with Gasteiger partial charge in [0.15, 0.2) is 0 Å². The summed E-state index contributed by atoms with van der Waals surface area (Å²) in [5.74, 6) is -1.44. The van der Waals surface area contributed by atoms with Crippen molar-refractivity contribution in [3.05, 3.63) is 63.8 Å². The van der Waals surface area contributed by atoms with Gasteiger partial charge in [0.1, 0.15) is 12.1 Å². The highest BCUT2D eigenvalue weighted by Crippen LogP contribution is 2.34. The lowest BCUT2D eigenvalue weighted by atomic mass is 9.95. The molecule has 3 N–H and O–H groups in total. The Morgan fingerprint density at radius 3 is 2.43 bits per heavy atom. The molecule has 0 bridgehead atoms. The Kier molecular flexibility index (Phi) is 7.76. The van der Waals surface area contributed by atoms with Crippen LogP contribution in [0.4, 0.5) is 10.5 Å². The molecule has 3 aliphatic rings. The first kappa shape index (κ1) is 28.4. The summed E-state index contributed by atoms with van der Waals surface area (Å²) in [5, 5.41) is 13.8. The second-order valence-corrected chi connectivity index (χ2v) is 12.0. The number of fused-ring (bicyclic) bond motifs is 3. The second kappa shape index (κ2) is 11.5. The van der Waals surface area contributed by atoms with E-state index in [1.165, 1.54) is 4.90 Å². The molecular weight excluding hydrogens is 581 g/mol. The molecule has 2 aromatic carbocycles. The number of aromatic nitrogens is 1. The number of nitrogens with one attached hydrogen (secondary N) is 2. The van der Waals surface area contributed by atoms with Crippen LogP contribution in [0, 0.1) is 0 Å². The normalized spacial score (nSPS) is 22.0. The number of para-hydroxylation sites is 1. The fourth-order valence-corrected chi connectivity index (χ4v) is 6.92. The first-order chi connectivity index (χ1) is 20.2. The number of benzene rings is 2. The van der Waals surface area contributed by atoms with Crippen molar-refractivity contribution >= 4 is 63.6 Å². The van der Waals surface area contributed by atoms with Crippen LogP contribution in [0.5, 0.6) is 0 Å². The lowest BCUT2D eigenvalue weighted by Crippen LogP contribution is -2.58. The second-order valence-electron chi connectivity index (χ2n) is 11.1. The molecule has 220 valence electrons. The number of halogens is 2. The summed E-state index contributed by atoms with van der Waals surface area (Å²) in [6.07, 6.45) is 2.70. The molecule has 0 unspecified atom stereocenters. The summed E-state index contributed by atoms with van der Waals surface area (Å²) in [5.41, 5.74) is 3.20. The zero-order valence-electron chi connectivity index (χ0n) is 22.8. The first-order valence-electron chi connectivity index (χ1n) is 14.1. The van der Waals surface area contributed by atoms with Gasteiger partial charge in [-0.15, -0.1) is 0 Å². The van der Waals surface area contributed by atoms with Crippen molar-refractivity contribution in [2.75, 3.05) is 18.4 Å². The molecule has 1 aromatic heterocycles. The molecule has 0 radical (unpaired) electrons. The summed E-state index contributed by atoms with van der Waals surface area (Å²) in [6, 6.07) is 10.2. The minimum absolute atomic E-state index is 0.110. The number of carbonyl (C=O) groups is 4. The fraction of sp³-hybridized carbons (Fsp3) is 0.400. The predicted molar refractivity (Wildman–Crippen MR) is 159 cm³/mol. The standard InChI is InChI=1S/C30H31Cl2N5O5/c31-21-10-9-17(13-22(21)32)33-30(42)37-16-24-20(19-6-1-2-7-23(19)34-24)15-26(37)29(41)36-12-4-8-25(36)28(40)35-11-3-5-18(35)14-27(38)39/h1-2,6-7,9-10,13,18,25-26,34H,3-5,8,11-12,14-16H2,(H,33,42)(H,38,39)/t18-,25+,26+/m0/s1. The van der Waals surface area contributed by atoms with Crippen molar-refractivity contribution in [3.8, 4) is 0 Å². The molecule has 0 aliphatic carbocycles. The van der Waals surface area contributed by atoms with Crippen LogP contribution >= 0.6 is 23.2 Å². The maximum atomic E-state index is 14.3. The third-order valence-corrected chi connectivity index (χ3v) is 9.35. The Bertz CT molecular complexity index is 1570. The highest BCUT2D eigenvalue weighted by atomic mass is 35.5. The van der Waals surface area contributed by atoms with Crippen LogP contribution in [0.2, 0.25) is 10.0 Å². The Morgan fingerprint density at radius 2 is 1.64 bits per heavy atom. The van der Waals surface area contributed by atoms with E-state index in [0.29, 0.717) is 48.1 Å². The average Bonchev–Trinajstić information content (AvgIpc) is 3.72. The number of urea groups is 1. The molecule has 12 heteroatoms. The van der Waals surface area contributed by atoms with Crippen molar-refractivity contribution in [1.29, 1.82) is 0 Å². The fourth-order valence-electron chi connectivity index (χ4n) is 6.62. The van der Waals surface area contributed by atoms with E-state index >= 15 is 0 Å². The van der Waals surface area contributed by atoms with Gasteiger partial charge >= 0.3 is 12.0 Å². The summed E-state index contributed by atoms with van der Waals surface area (Å²) < 4.78 is 0. The number of H-pyrrole nitrogens is 1. The molecule has 3 aromatic rings. The van der Waals surface area contributed by atoms with Crippen molar-refractivity contribution in [2.24, 2.45) is 0 Å². The lowest BCUT2D eigenvalue weighted by Gasteiger charge is -2.38. The van der Waals surface area contributed by atoms with E-state index < -0.39 is 24.1 Å². The van der Waals surface area contributed by atoms with Crippen LogP contribution in [0.15, 0.2) is 42.5 Å². The highest BCUT2D eigenvalue weighted by Gasteiger charge is 2.45. The summed E-state index contributed by atoms with van der Waals surface area (Å²) in [6.45, 7) is 1.05. The minimum atomic E-state index is -0.945. The van der Waals surface area contributed by atoms with Gasteiger partial charge < -0.3 is 30.1 Å². The van der Waals surface area contributed by atoms with Crippen LogP contribution in [0.1, 0.15) is 43.4 Å². The number of carbonyl (C=O) groups excluding carboxylic acids is 3. The number of anilines is 1. The SMILES string of the molecule is O=C(O)C[C@@H]1CCCN1C(=O)[C@H]1CCCN1C(=O)[C@H]1Cc2c([nH]c3ccccc23)CN1C(=O)Nc1ccc(Cl)c(Cl)c1. The van der Waals surface area contributed by atoms with Crippen molar-refractivity contribution in [1.82, 2.24) is 19.7 Å². The van der Waals surface area contributed by atoms with Gasteiger partial charge in [-0.05, 0) is 55.5 Å². The summed E-state index contributed by atoms with van der Waals surface area (Å²) in [7, 11) is 0. The molecule has 10 nitrogen and oxygen atoms in total. The number of hydrogen-bond donors (Lipinski definition) is 3. The van der Waals surface area contributed by atoms with Gasteiger partial charge in [0.2, 0.25) is 11.8 Å². The predicted octanol–water partition coefficient (Wildman–Crippen LogP) is 4.89. The van der Waals surface area contributed by atoms with Gasteiger partial charge in [-0.1, -0.05) is 41.4 Å². The molecule has 4 amide bonds. The lowest BCUT2D eigenvalue weighted by molar-refractivity contribution is -0.148. The van der Waals surface area contributed by atoms with E-state index in [2.05, 4.69) is 10.3 Å². The number of nitrogens with zero attached hydrogens (tertiary/aromatic N) is 3. The number of amides is 4. The maximum absolute atomic E-state index is 14.3. The van der Waals surface area contributed by atoms with Gasteiger partial charge in [-0.3, -0.25) is 14.4 Å². The molecule has 3 atom stereocenters. The summed E-state index contributed by atoms with van der Waals surface area (Å²) in [4.78, 5) is 61.3. The van der Waals surface area contributed by atoms with Gasteiger partial charge in [0.25, 0.3) is 0 Å². The molecule has 2 saturated heterocycles. The van der Waals surface area contributed by atoms with E-state index in [0.717, 1.165) is 28.6 Å². The largest absolute Gasteiger partial charge is 0.481 e. The zero-order chi connectivity index (χ0) is 29.5. The molecular formula is C30H31Cl2N5O5. The molecule has 4 heterocycles. The van der Waals surface area contributed by atoms with Crippen LogP contribution in [0.25, 0.3) is 10.9 Å². The third-order valence-electron chi connectivity index (χ3n) is 8.61. The summed E-state index contributed by atoms with van der Waals surface area (Å²) >= 11 is 12.2. The van der Waals surface area contributed by atoms with Gasteiger partial charge in [0, 0.05) is 47.8 Å². The van der Waals surface area contributed by atoms with Crippen molar-refractivity contribution in [2.45, 2.75) is 63.2 Å². The van der Waals surface area contributed by atoms with E-state index in [4.69, 9.17) is 23.2 Å². The van der Waals surface area contributed by atoms with E-state index in [1.807, 2.05) is 24.3 Å². The molecule has 2 fully saturated rings. The van der Waals surface area contributed by atoms with E-state index in [-0.39, 0.29) is 37.2 Å². The third kappa shape index (κ3) is 5.29. The Balaban J connectivity index is 1.29. The Hall–Kier alpha value is -3.76. The number of aliphatic carboxylic acids is 1. The quantitative estimate of drug-likeness (QED) is 0.379. The number of hydrogen-bond acceptors (Lipinski definition) is 4. The van der Waals surface area contributed by atoms with Crippen molar-refractivity contribution in [3.63, 3.8) is 0 Å². The number of aromatic amines is 1. The van der Waals surface area contributed by atoms with Crippen LogP contribution in [-0.2, 0) is 27.3 Å². The van der Waals surface area contributed by atoms with Gasteiger partial charge in [0.05, 0.1) is 23.0 Å². The number of likely N-dealkylation sites (tertiary alicyclic amines) is 2. The van der Waals surface area contributed by atoms with Crippen molar-refractivity contribution < 1.29 is 24.3 Å². The maximum Gasteiger partial charge on any atom is 0.322 e. The zero-order valence-corrected chi connectivity index (χ0v) is 24.3. The molecule has 6 rings (SSSR count). The minimum Gasteiger partial charge on any atom is -0.481 e. The molecule has 0 spiro atoms. The van der Waals surface area contributed by atoms with E-state index in [1.54, 1.807) is 28.0 Å². The first-order valence-corrected chi connectivity index (χ1v) is 14.9. The monoisotopic (exact) mass is 611 g/mol. The molecule has 42 heavy (non-hydrogen) atoms. The molecule has 0 saturated carbocycles. The number of carboxylic acids is 1. The van der Waals surface area contributed by atoms with Crippen LogP contribution in [0.3, 0.4) is 0 Å². The Labute approximate surface area is 252 Å². The van der Waals surface area contributed by atoms with E-state index in [9.17, 15) is 24.3 Å². The van der Waals surface area contributed by atoms with Crippen LogP contribution in [-0.4, -0.2) is 79.8 Å². The van der Waals surface area contributed by atoms with Gasteiger partial charge in [-0.2, -0.15) is 0 Å². The smallest absolute Gasteiger partial charge is 0.322 e. The topological polar surface area (TPSA) is 126 Å². The van der Waals surface area contributed by atoms with Gasteiger partial charge in [-0.25, -0.2) is 4.79 Å². The highest BCUT2D eigenvalue weighted by molar-refractivity contribution is 6.42. The number of rotatable bonds is 5. The average molecular weight is 613 g/mol.